The number of rotatable bonds is 7. The van der Waals surface area contributed by atoms with Gasteiger partial charge >= 0.3 is 5.97 Å². The van der Waals surface area contributed by atoms with E-state index in [-0.39, 0.29) is 17.6 Å². The van der Waals surface area contributed by atoms with E-state index in [1.807, 2.05) is 17.5 Å². The summed E-state index contributed by atoms with van der Waals surface area (Å²) in [5.41, 5.74) is 1.56. The van der Waals surface area contributed by atoms with E-state index in [9.17, 15) is 9.59 Å². The summed E-state index contributed by atoms with van der Waals surface area (Å²) in [7, 11) is 0. The van der Waals surface area contributed by atoms with E-state index in [4.69, 9.17) is 9.15 Å². The second kappa shape index (κ2) is 9.76. The topological polar surface area (TPSA) is 94.3 Å². The van der Waals surface area contributed by atoms with Crippen molar-refractivity contribution in [2.24, 2.45) is 0 Å². The van der Waals surface area contributed by atoms with Crippen LogP contribution in [0, 0.1) is 0 Å². The minimum atomic E-state index is -0.364. The molecule has 0 unspecified atom stereocenters. The monoisotopic (exact) mass is 463 g/mol. The van der Waals surface area contributed by atoms with E-state index < -0.39 is 0 Å². The van der Waals surface area contributed by atoms with Crippen molar-refractivity contribution in [2.75, 3.05) is 17.7 Å². The first kappa shape index (κ1) is 21.1. The maximum atomic E-state index is 12.6. The van der Waals surface area contributed by atoms with Crippen LogP contribution in [0.1, 0.15) is 47.0 Å². The molecule has 1 aliphatic rings. The molecule has 1 aliphatic carbocycles. The third-order valence-corrected chi connectivity index (χ3v) is 7.50. The molecular formula is C20H21N3O4S3. The Hall–Kier alpha value is -2.17. The third kappa shape index (κ3) is 4.76. The number of hydrogen-bond acceptors (Lipinski definition) is 9. The smallest absolute Gasteiger partial charge is 0.341 e. The van der Waals surface area contributed by atoms with Crippen molar-refractivity contribution in [2.45, 2.75) is 44.3 Å². The van der Waals surface area contributed by atoms with Crippen LogP contribution in [0.2, 0.25) is 0 Å². The van der Waals surface area contributed by atoms with E-state index >= 15 is 0 Å². The lowest BCUT2D eigenvalue weighted by Crippen LogP contribution is -2.16. The quantitative estimate of drug-likeness (QED) is 0.298. The number of ether oxygens (including phenoxy) is 1. The molecule has 1 amide bonds. The second-order valence-corrected chi connectivity index (χ2v) is 9.66. The highest BCUT2D eigenvalue weighted by Crippen LogP contribution is 2.38. The summed E-state index contributed by atoms with van der Waals surface area (Å²) in [5, 5.41) is 13.7. The number of carbonyl (C=O) groups excluding carboxylic acids is 2. The first-order valence-electron chi connectivity index (χ1n) is 9.77. The van der Waals surface area contributed by atoms with Crippen LogP contribution in [0.15, 0.2) is 27.2 Å². The van der Waals surface area contributed by atoms with Gasteiger partial charge in [0.05, 0.1) is 22.8 Å². The van der Waals surface area contributed by atoms with E-state index in [0.29, 0.717) is 28.3 Å². The number of thiophene rings is 2. The number of amides is 1. The summed E-state index contributed by atoms with van der Waals surface area (Å²) >= 11 is 4.17. The Bertz CT molecular complexity index is 1030. The number of aromatic nitrogens is 2. The van der Waals surface area contributed by atoms with Crippen LogP contribution in [0.25, 0.3) is 10.8 Å². The van der Waals surface area contributed by atoms with Crippen molar-refractivity contribution < 1.29 is 18.7 Å². The van der Waals surface area contributed by atoms with Gasteiger partial charge in [0.15, 0.2) is 0 Å². The average molecular weight is 464 g/mol. The largest absolute Gasteiger partial charge is 0.462 e. The number of aryl methyl sites for hydroxylation is 1. The fourth-order valence-corrected chi connectivity index (χ4v) is 5.81. The lowest BCUT2D eigenvalue weighted by molar-refractivity contribution is -0.113. The number of hydrogen-bond donors (Lipinski definition) is 1. The van der Waals surface area contributed by atoms with Crippen molar-refractivity contribution in [1.82, 2.24) is 10.2 Å². The molecule has 3 heterocycles. The number of nitrogens with zero attached hydrogens (tertiary/aromatic N) is 2. The van der Waals surface area contributed by atoms with Gasteiger partial charge in [-0.05, 0) is 49.6 Å². The van der Waals surface area contributed by atoms with E-state index in [0.717, 1.165) is 42.5 Å². The third-order valence-electron chi connectivity index (χ3n) is 4.62. The molecule has 4 rings (SSSR count). The normalized spacial score (nSPS) is 13.5. The Morgan fingerprint density at radius 1 is 1.27 bits per heavy atom. The summed E-state index contributed by atoms with van der Waals surface area (Å²) in [5.74, 6) is -0.0358. The van der Waals surface area contributed by atoms with Crippen LogP contribution in [0.3, 0.4) is 0 Å². The van der Waals surface area contributed by atoms with Gasteiger partial charge in [0.1, 0.15) is 5.00 Å². The van der Waals surface area contributed by atoms with Crippen molar-refractivity contribution in [1.29, 1.82) is 0 Å². The van der Waals surface area contributed by atoms with Gasteiger partial charge in [0.2, 0.25) is 5.91 Å². The molecule has 30 heavy (non-hydrogen) atoms. The lowest BCUT2D eigenvalue weighted by Gasteiger charge is -2.08. The van der Waals surface area contributed by atoms with Gasteiger partial charge in [0.25, 0.3) is 11.1 Å². The van der Waals surface area contributed by atoms with Gasteiger partial charge in [-0.25, -0.2) is 4.79 Å². The zero-order valence-corrected chi connectivity index (χ0v) is 18.9. The molecule has 3 aromatic rings. The van der Waals surface area contributed by atoms with Gasteiger partial charge < -0.3 is 14.5 Å². The minimum Gasteiger partial charge on any atom is -0.462 e. The zero-order chi connectivity index (χ0) is 20.9. The summed E-state index contributed by atoms with van der Waals surface area (Å²) in [6, 6.07) is 3.81. The minimum absolute atomic E-state index is 0.108. The van der Waals surface area contributed by atoms with Gasteiger partial charge in [-0.2, -0.15) is 0 Å². The first-order valence-corrected chi connectivity index (χ1v) is 12.5. The molecule has 0 bridgehead atoms. The molecule has 0 atom stereocenters. The molecule has 0 saturated carbocycles. The predicted molar refractivity (Wildman–Crippen MR) is 118 cm³/mol. The van der Waals surface area contributed by atoms with Crippen molar-refractivity contribution in [3.8, 4) is 10.8 Å². The van der Waals surface area contributed by atoms with Crippen LogP contribution in [-0.2, 0) is 22.4 Å². The molecular weight excluding hydrogens is 442 g/mol. The number of anilines is 1. The van der Waals surface area contributed by atoms with Crippen LogP contribution < -0.4 is 5.32 Å². The molecule has 0 spiro atoms. The van der Waals surface area contributed by atoms with Crippen molar-refractivity contribution >= 4 is 51.3 Å². The molecule has 0 saturated heterocycles. The Morgan fingerprint density at radius 3 is 2.93 bits per heavy atom. The summed E-state index contributed by atoms with van der Waals surface area (Å²) < 4.78 is 10.9. The first-order chi connectivity index (χ1) is 14.7. The SMILES string of the molecule is CCOC(=O)c1c(NC(=O)CSc2nnc(-c3cccs3)o2)sc2c1CCCCC2. The highest BCUT2D eigenvalue weighted by Gasteiger charge is 2.26. The van der Waals surface area contributed by atoms with Crippen LogP contribution in [-0.4, -0.2) is 34.4 Å². The van der Waals surface area contributed by atoms with Gasteiger partial charge in [-0.15, -0.1) is 32.9 Å². The summed E-state index contributed by atoms with van der Waals surface area (Å²) in [6.07, 6.45) is 5.08. The van der Waals surface area contributed by atoms with E-state index in [1.54, 1.807) is 6.92 Å². The molecule has 3 aromatic heterocycles. The summed E-state index contributed by atoms with van der Waals surface area (Å²) in [6.45, 7) is 2.09. The molecule has 0 radical (unpaired) electrons. The molecule has 0 fully saturated rings. The van der Waals surface area contributed by atoms with Crippen LogP contribution in [0.4, 0.5) is 5.00 Å². The second-order valence-electron chi connectivity index (χ2n) is 6.68. The molecule has 10 heteroatoms. The van der Waals surface area contributed by atoms with E-state index in [1.165, 1.54) is 39.3 Å². The number of nitrogens with one attached hydrogen (secondary N) is 1. The highest BCUT2D eigenvalue weighted by molar-refractivity contribution is 7.99. The Balaban J connectivity index is 1.44. The fraction of sp³-hybridized carbons (Fsp3) is 0.400. The average Bonchev–Trinajstić information content (AvgIpc) is 3.44. The fourth-order valence-electron chi connectivity index (χ4n) is 3.31. The number of carbonyl (C=O) groups is 2. The Kier molecular flexibility index (Phi) is 6.86. The van der Waals surface area contributed by atoms with Gasteiger partial charge in [-0.1, -0.05) is 24.2 Å². The highest BCUT2D eigenvalue weighted by atomic mass is 32.2. The molecule has 158 valence electrons. The number of esters is 1. The van der Waals surface area contributed by atoms with Crippen LogP contribution in [0.5, 0.6) is 0 Å². The Morgan fingerprint density at radius 2 is 2.13 bits per heavy atom. The Labute approximate surface area is 186 Å². The molecule has 7 nitrogen and oxygen atoms in total. The standard InChI is InChI=1S/C20H21N3O4S3/c1-2-26-19(25)16-12-7-4-3-5-8-13(12)30-18(16)21-15(24)11-29-20-23-22-17(27-20)14-9-6-10-28-14/h6,9-10H,2-5,7-8,11H2,1H3,(H,21,24). The maximum absolute atomic E-state index is 12.6. The predicted octanol–water partition coefficient (Wildman–Crippen LogP) is 5.04. The van der Waals surface area contributed by atoms with Crippen molar-refractivity contribution in [3.63, 3.8) is 0 Å². The van der Waals surface area contributed by atoms with Gasteiger partial charge in [0, 0.05) is 4.88 Å². The molecule has 0 aliphatic heterocycles. The zero-order valence-electron chi connectivity index (χ0n) is 16.4. The number of thioether (sulfide) groups is 1. The van der Waals surface area contributed by atoms with E-state index in [2.05, 4.69) is 15.5 Å². The maximum Gasteiger partial charge on any atom is 0.341 e. The molecule has 1 N–H and O–H groups in total. The van der Waals surface area contributed by atoms with Crippen molar-refractivity contribution in [3.05, 3.63) is 33.5 Å². The molecule has 0 aromatic carbocycles. The van der Waals surface area contributed by atoms with Crippen LogP contribution >= 0.6 is 34.4 Å². The summed E-state index contributed by atoms with van der Waals surface area (Å²) in [4.78, 5) is 27.2. The number of fused-ring (bicyclic) bond motifs is 1. The van der Waals surface area contributed by atoms with Gasteiger partial charge in [-0.3, -0.25) is 4.79 Å². The lowest BCUT2D eigenvalue weighted by atomic mass is 10.1.